The van der Waals surface area contributed by atoms with Crippen LogP contribution in [-0.2, 0) is 4.79 Å². The van der Waals surface area contributed by atoms with Crippen molar-refractivity contribution in [2.24, 2.45) is 5.92 Å². The Bertz CT molecular complexity index is 311. The highest BCUT2D eigenvalue weighted by atomic mass is 16.3. The minimum absolute atomic E-state index is 0.107. The van der Waals surface area contributed by atoms with E-state index in [1.165, 1.54) is 19.3 Å². The van der Waals surface area contributed by atoms with Crippen molar-refractivity contribution in [3.05, 3.63) is 0 Å². The van der Waals surface area contributed by atoms with Gasteiger partial charge in [-0.15, -0.1) is 0 Å². The van der Waals surface area contributed by atoms with Crippen LogP contribution in [0.2, 0.25) is 0 Å². The summed E-state index contributed by atoms with van der Waals surface area (Å²) < 4.78 is 0. The van der Waals surface area contributed by atoms with Crippen molar-refractivity contribution in [3.8, 4) is 0 Å². The first-order chi connectivity index (χ1) is 8.74. The van der Waals surface area contributed by atoms with Crippen molar-refractivity contribution in [1.29, 1.82) is 0 Å². The molecule has 1 N–H and O–H groups in total. The van der Waals surface area contributed by atoms with Gasteiger partial charge >= 0.3 is 0 Å². The second-order valence-corrected chi connectivity index (χ2v) is 6.12. The molecule has 2 saturated carbocycles. The molecule has 102 valence electrons. The zero-order chi connectivity index (χ0) is 12.5. The van der Waals surface area contributed by atoms with E-state index >= 15 is 0 Å². The molecule has 0 atom stereocenters. The van der Waals surface area contributed by atoms with Gasteiger partial charge in [-0.2, -0.15) is 0 Å². The molecular weight excluding hydrogens is 228 g/mol. The number of aliphatic hydroxyl groups is 1. The highest BCUT2D eigenvalue weighted by Gasteiger charge is 2.36. The Morgan fingerprint density at radius 3 is 2.39 bits per heavy atom. The van der Waals surface area contributed by atoms with Gasteiger partial charge in [0.2, 0.25) is 5.91 Å². The number of nitrogens with zero attached hydrogens (tertiary/aromatic N) is 2. The summed E-state index contributed by atoms with van der Waals surface area (Å²) in [5.41, 5.74) is 0. The molecule has 4 heteroatoms. The summed E-state index contributed by atoms with van der Waals surface area (Å²) in [6.07, 6.45) is 6.33. The van der Waals surface area contributed by atoms with Crippen LogP contribution >= 0.6 is 0 Å². The highest BCUT2D eigenvalue weighted by Crippen LogP contribution is 2.30. The Kier molecular flexibility index (Phi) is 3.57. The molecule has 18 heavy (non-hydrogen) atoms. The van der Waals surface area contributed by atoms with Crippen LogP contribution in [0.4, 0.5) is 0 Å². The summed E-state index contributed by atoms with van der Waals surface area (Å²) in [7, 11) is 0. The summed E-state index contributed by atoms with van der Waals surface area (Å²) in [5.74, 6) is 0.394. The second kappa shape index (κ2) is 5.17. The van der Waals surface area contributed by atoms with Crippen LogP contribution < -0.4 is 0 Å². The maximum Gasteiger partial charge on any atom is 0.225 e. The predicted molar refractivity (Wildman–Crippen MR) is 69.1 cm³/mol. The van der Waals surface area contributed by atoms with Crippen LogP contribution in [0.15, 0.2) is 0 Å². The van der Waals surface area contributed by atoms with Crippen LogP contribution in [-0.4, -0.2) is 59.1 Å². The van der Waals surface area contributed by atoms with E-state index in [4.69, 9.17) is 0 Å². The quantitative estimate of drug-likeness (QED) is 0.792. The van der Waals surface area contributed by atoms with E-state index < -0.39 is 0 Å². The van der Waals surface area contributed by atoms with Crippen molar-refractivity contribution >= 4 is 5.91 Å². The Morgan fingerprint density at radius 2 is 1.78 bits per heavy atom. The van der Waals surface area contributed by atoms with E-state index in [-0.39, 0.29) is 17.9 Å². The van der Waals surface area contributed by atoms with Gasteiger partial charge in [0, 0.05) is 38.1 Å². The van der Waals surface area contributed by atoms with Crippen molar-refractivity contribution in [2.75, 3.05) is 26.2 Å². The Balaban J connectivity index is 1.50. The van der Waals surface area contributed by atoms with Gasteiger partial charge in [0.25, 0.3) is 0 Å². The molecule has 0 aromatic heterocycles. The van der Waals surface area contributed by atoms with Crippen molar-refractivity contribution in [2.45, 2.75) is 50.7 Å². The molecule has 0 aromatic carbocycles. The van der Waals surface area contributed by atoms with Crippen molar-refractivity contribution in [1.82, 2.24) is 9.80 Å². The van der Waals surface area contributed by atoms with Gasteiger partial charge < -0.3 is 10.0 Å². The highest BCUT2D eigenvalue weighted by molar-refractivity contribution is 5.79. The summed E-state index contributed by atoms with van der Waals surface area (Å²) >= 11 is 0. The third-order valence-electron chi connectivity index (χ3n) is 4.90. The lowest BCUT2D eigenvalue weighted by Gasteiger charge is -2.37. The number of carbonyl (C=O) groups excluding carboxylic acids is 1. The van der Waals surface area contributed by atoms with Crippen molar-refractivity contribution < 1.29 is 9.90 Å². The molecule has 0 radical (unpaired) electrons. The lowest BCUT2D eigenvalue weighted by Crippen LogP contribution is -2.46. The summed E-state index contributed by atoms with van der Waals surface area (Å²) in [5, 5.41) is 9.30. The smallest absolute Gasteiger partial charge is 0.225 e. The van der Waals surface area contributed by atoms with E-state index in [0.29, 0.717) is 12.8 Å². The lowest BCUT2D eigenvalue weighted by molar-refractivity contribution is -0.142. The number of amides is 1. The summed E-state index contributed by atoms with van der Waals surface area (Å²) in [6, 6.07) is 0.797. The molecule has 3 fully saturated rings. The van der Waals surface area contributed by atoms with Crippen LogP contribution in [0.25, 0.3) is 0 Å². The molecule has 2 aliphatic carbocycles. The minimum atomic E-state index is -0.225. The average Bonchev–Trinajstić information content (AvgIpc) is 2.48. The summed E-state index contributed by atoms with van der Waals surface area (Å²) in [4.78, 5) is 16.8. The van der Waals surface area contributed by atoms with Gasteiger partial charge in [-0.25, -0.2) is 0 Å². The first-order valence-electron chi connectivity index (χ1n) is 7.45. The maximum atomic E-state index is 12.2. The van der Waals surface area contributed by atoms with Crippen LogP contribution in [0.3, 0.4) is 0 Å². The Hall–Kier alpha value is -0.610. The van der Waals surface area contributed by atoms with Crippen molar-refractivity contribution in [3.63, 3.8) is 0 Å². The molecule has 1 aliphatic heterocycles. The molecule has 3 aliphatic rings. The van der Waals surface area contributed by atoms with Gasteiger partial charge in [-0.1, -0.05) is 6.42 Å². The summed E-state index contributed by atoms with van der Waals surface area (Å²) in [6.45, 7) is 4.00. The second-order valence-electron chi connectivity index (χ2n) is 6.12. The van der Waals surface area contributed by atoms with E-state index in [1.54, 1.807) is 0 Å². The standard InChI is InChI=1S/C14H24N2O2/c17-13-9-11(10-13)14(18)16-6-2-5-15(7-8-16)12-3-1-4-12/h11-13,17H,1-10H2. The monoisotopic (exact) mass is 252 g/mol. The van der Waals surface area contributed by atoms with E-state index in [2.05, 4.69) is 4.90 Å². The Morgan fingerprint density at radius 1 is 1.00 bits per heavy atom. The minimum Gasteiger partial charge on any atom is -0.393 e. The van der Waals surface area contributed by atoms with Crippen LogP contribution in [0, 0.1) is 5.92 Å². The van der Waals surface area contributed by atoms with Gasteiger partial charge in [-0.05, 0) is 32.1 Å². The van der Waals surface area contributed by atoms with E-state index in [9.17, 15) is 9.90 Å². The number of hydrogen-bond donors (Lipinski definition) is 1. The van der Waals surface area contributed by atoms with Crippen LogP contribution in [0.5, 0.6) is 0 Å². The molecule has 3 rings (SSSR count). The zero-order valence-corrected chi connectivity index (χ0v) is 11.1. The molecule has 0 spiro atoms. The number of carbonyl (C=O) groups is 1. The normalized spacial score (nSPS) is 34.6. The topological polar surface area (TPSA) is 43.8 Å². The molecule has 0 unspecified atom stereocenters. The average molecular weight is 252 g/mol. The molecule has 1 heterocycles. The van der Waals surface area contributed by atoms with Crippen LogP contribution in [0.1, 0.15) is 38.5 Å². The number of rotatable bonds is 2. The number of aliphatic hydroxyl groups excluding tert-OH is 1. The molecule has 1 amide bonds. The fraction of sp³-hybridized carbons (Fsp3) is 0.929. The molecule has 1 saturated heterocycles. The third-order valence-corrected chi connectivity index (χ3v) is 4.90. The van der Waals surface area contributed by atoms with E-state index in [1.807, 2.05) is 4.90 Å². The number of hydrogen-bond acceptors (Lipinski definition) is 3. The maximum absolute atomic E-state index is 12.2. The van der Waals surface area contributed by atoms with Gasteiger partial charge in [0.1, 0.15) is 0 Å². The van der Waals surface area contributed by atoms with Gasteiger partial charge in [-0.3, -0.25) is 9.69 Å². The molecule has 0 aromatic rings. The van der Waals surface area contributed by atoms with E-state index in [0.717, 1.165) is 38.6 Å². The molecular formula is C14H24N2O2. The first-order valence-corrected chi connectivity index (χ1v) is 7.45. The predicted octanol–water partition coefficient (Wildman–Crippen LogP) is 0.844. The lowest BCUT2D eigenvalue weighted by atomic mass is 9.81. The Labute approximate surface area is 109 Å². The fourth-order valence-corrected chi connectivity index (χ4v) is 3.32. The zero-order valence-electron chi connectivity index (χ0n) is 11.1. The largest absolute Gasteiger partial charge is 0.393 e. The van der Waals surface area contributed by atoms with Gasteiger partial charge in [0.05, 0.1) is 6.10 Å². The SMILES string of the molecule is O=C(C1CC(O)C1)N1CCCN(C2CCC2)CC1. The third kappa shape index (κ3) is 2.41. The molecule has 0 bridgehead atoms. The fourth-order valence-electron chi connectivity index (χ4n) is 3.32. The van der Waals surface area contributed by atoms with Gasteiger partial charge in [0.15, 0.2) is 0 Å². The molecule has 4 nitrogen and oxygen atoms in total. The first kappa shape index (κ1) is 12.4.